The minimum Gasteiger partial charge on any atom is -0.744 e. The van der Waals surface area contributed by atoms with Gasteiger partial charge in [-0.25, -0.2) is 8.42 Å². The lowest BCUT2D eigenvalue weighted by Crippen LogP contribution is -2.11. The van der Waals surface area contributed by atoms with Gasteiger partial charge in [-0.05, 0) is 59.5 Å². The van der Waals surface area contributed by atoms with E-state index in [1.54, 1.807) is 6.07 Å². The van der Waals surface area contributed by atoms with E-state index in [1.165, 1.54) is 44.5 Å². The van der Waals surface area contributed by atoms with Gasteiger partial charge >= 0.3 is 0 Å². The molecule has 0 unspecified atom stereocenters. The first-order valence-corrected chi connectivity index (χ1v) is 13.3. The first-order chi connectivity index (χ1) is 15.7. The summed E-state index contributed by atoms with van der Waals surface area (Å²) in [4.78, 5) is 3.91. The summed E-state index contributed by atoms with van der Waals surface area (Å²) in [5.41, 5.74) is 1.57. The predicted octanol–water partition coefficient (Wildman–Crippen LogP) is 6.67. The van der Waals surface area contributed by atoms with Crippen LogP contribution >= 0.6 is 0 Å². The average Bonchev–Trinajstić information content (AvgIpc) is 2.81. The van der Waals surface area contributed by atoms with Gasteiger partial charge in [0.25, 0.3) is 0 Å². The Morgan fingerprint density at radius 3 is 1.27 bits per heavy atom. The molecule has 0 atom stereocenters. The Morgan fingerprint density at radius 2 is 0.939 bits per heavy atom. The van der Waals surface area contributed by atoms with Gasteiger partial charge < -0.3 is 4.55 Å². The van der Waals surface area contributed by atoms with Crippen molar-refractivity contribution in [1.29, 1.82) is 0 Å². The number of rotatable bonds is 4. The molecule has 0 bridgehead atoms. The van der Waals surface area contributed by atoms with Crippen LogP contribution in [0.1, 0.15) is 26.3 Å². The van der Waals surface area contributed by atoms with Gasteiger partial charge in [0, 0.05) is 0 Å². The van der Waals surface area contributed by atoms with Crippen LogP contribution in [0, 0.1) is 0 Å². The summed E-state index contributed by atoms with van der Waals surface area (Å²) < 4.78 is 30.8. The maximum absolute atomic E-state index is 10.3. The average molecular weight is 477 g/mol. The van der Waals surface area contributed by atoms with Crippen molar-refractivity contribution >= 4 is 21.0 Å². The van der Waals surface area contributed by atoms with Crippen molar-refractivity contribution in [1.82, 2.24) is 0 Å². The molecule has 33 heavy (non-hydrogen) atoms. The largest absolute Gasteiger partial charge is 0.744 e. The lowest BCUT2D eigenvalue weighted by Gasteiger charge is -2.19. The highest BCUT2D eigenvalue weighted by molar-refractivity contribution is 7.97. The molecule has 0 saturated heterocycles. The molecule has 4 aromatic rings. The Labute approximate surface area is 200 Å². The summed E-state index contributed by atoms with van der Waals surface area (Å²) in [7, 11) is -4.30. The smallest absolute Gasteiger partial charge is 0.166 e. The van der Waals surface area contributed by atoms with E-state index in [1.807, 2.05) is 0 Å². The monoisotopic (exact) mass is 476 g/mol. The third kappa shape index (κ3) is 7.06. The van der Waals surface area contributed by atoms with Crippen molar-refractivity contribution in [3.63, 3.8) is 0 Å². The highest BCUT2D eigenvalue weighted by atomic mass is 32.2. The van der Waals surface area contributed by atoms with E-state index in [4.69, 9.17) is 0 Å². The molecule has 0 heterocycles. The molecule has 0 spiro atoms. The zero-order valence-corrected chi connectivity index (χ0v) is 20.6. The molecule has 0 aliphatic heterocycles. The second-order valence-electron chi connectivity index (χ2n) is 8.47. The first kappa shape index (κ1) is 24.8. The zero-order chi connectivity index (χ0) is 23.9. The third-order valence-corrected chi connectivity index (χ3v) is 8.03. The van der Waals surface area contributed by atoms with Crippen LogP contribution in [0.15, 0.2) is 135 Å². The number of hydrogen-bond acceptors (Lipinski definition) is 3. The van der Waals surface area contributed by atoms with Crippen LogP contribution in [-0.4, -0.2) is 13.0 Å². The zero-order valence-electron chi connectivity index (χ0n) is 19.0. The van der Waals surface area contributed by atoms with E-state index in [9.17, 15) is 13.0 Å². The highest BCUT2D eigenvalue weighted by Crippen LogP contribution is 2.32. The second kappa shape index (κ2) is 10.8. The molecule has 0 aromatic heterocycles. The Kier molecular flexibility index (Phi) is 8.14. The second-order valence-corrected chi connectivity index (χ2v) is 11.9. The summed E-state index contributed by atoms with van der Waals surface area (Å²) in [6.07, 6.45) is 0. The minimum atomic E-state index is -4.25. The molecule has 0 amide bonds. The molecule has 170 valence electrons. The van der Waals surface area contributed by atoms with Crippen molar-refractivity contribution in [2.75, 3.05) is 0 Å². The van der Waals surface area contributed by atoms with Crippen LogP contribution in [0.2, 0.25) is 0 Å². The van der Waals surface area contributed by atoms with Gasteiger partial charge in [-0.3, -0.25) is 0 Å². The van der Waals surface area contributed by atoms with Gasteiger partial charge in [-0.15, -0.1) is 0 Å². The summed E-state index contributed by atoms with van der Waals surface area (Å²) in [5.74, 6) is 0. The van der Waals surface area contributed by atoms with Crippen LogP contribution < -0.4 is 0 Å². The van der Waals surface area contributed by atoms with Gasteiger partial charge in [0.1, 0.15) is 10.1 Å². The van der Waals surface area contributed by atoms with Gasteiger partial charge in [0.15, 0.2) is 14.7 Å². The first-order valence-electron chi connectivity index (χ1n) is 10.6. The molecule has 4 rings (SSSR count). The standard InChI is InChI=1S/C22H23S.C6H6O3S/c1-22(2,3)18-14-16-21(17-15-18)23(19-10-6-4-7-11-19)20-12-8-5-9-13-20;7-10(8,9)6-4-2-1-3-5-6/h4-17H,1-3H3;1-5H,(H,7,8,9)/q+1;/p-1. The fourth-order valence-corrected chi connectivity index (χ4v) is 5.77. The molecular weight excluding hydrogens is 448 g/mol. The van der Waals surface area contributed by atoms with Crippen molar-refractivity contribution < 1.29 is 13.0 Å². The lowest BCUT2D eigenvalue weighted by atomic mass is 9.87. The van der Waals surface area contributed by atoms with E-state index in [2.05, 4.69) is 106 Å². The van der Waals surface area contributed by atoms with Gasteiger partial charge in [-0.2, -0.15) is 0 Å². The summed E-state index contributed by atoms with van der Waals surface area (Å²) in [6.45, 7) is 6.78. The quantitative estimate of drug-likeness (QED) is 0.244. The summed E-state index contributed by atoms with van der Waals surface area (Å²) in [6, 6.07) is 37.9. The van der Waals surface area contributed by atoms with Crippen molar-refractivity contribution in [2.45, 2.75) is 45.8 Å². The van der Waals surface area contributed by atoms with Crippen LogP contribution in [-0.2, 0) is 26.4 Å². The number of hydrogen-bond donors (Lipinski definition) is 0. The number of benzene rings is 4. The van der Waals surface area contributed by atoms with Gasteiger partial charge in [0.05, 0.1) is 15.8 Å². The molecule has 0 fully saturated rings. The summed E-state index contributed by atoms with van der Waals surface area (Å²) in [5, 5.41) is 0. The van der Waals surface area contributed by atoms with Crippen LogP contribution in [0.5, 0.6) is 0 Å². The van der Waals surface area contributed by atoms with Gasteiger partial charge in [0.2, 0.25) is 0 Å². The van der Waals surface area contributed by atoms with E-state index in [-0.39, 0.29) is 21.2 Å². The maximum Gasteiger partial charge on any atom is 0.166 e. The predicted molar refractivity (Wildman–Crippen MR) is 135 cm³/mol. The third-order valence-electron chi connectivity index (χ3n) is 4.95. The molecule has 4 aromatic carbocycles. The fraction of sp³-hybridized carbons (Fsp3) is 0.143. The summed E-state index contributed by atoms with van der Waals surface area (Å²) >= 11 is 0. The molecule has 0 radical (unpaired) electrons. The Balaban J connectivity index is 0.000000257. The normalized spacial score (nSPS) is 11.5. The van der Waals surface area contributed by atoms with E-state index >= 15 is 0 Å². The van der Waals surface area contributed by atoms with Gasteiger partial charge in [-0.1, -0.05) is 87.5 Å². The molecule has 0 N–H and O–H groups in total. The molecule has 0 aliphatic carbocycles. The maximum atomic E-state index is 10.3. The lowest BCUT2D eigenvalue weighted by molar-refractivity contribution is 0.463. The highest BCUT2D eigenvalue weighted by Gasteiger charge is 2.28. The molecule has 0 aliphatic rings. The Morgan fingerprint density at radius 1 is 0.576 bits per heavy atom. The van der Waals surface area contributed by atoms with Crippen molar-refractivity contribution in [2.24, 2.45) is 0 Å². The van der Waals surface area contributed by atoms with Crippen LogP contribution in [0.25, 0.3) is 0 Å². The SMILES string of the molecule is CC(C)(C)c1ccc([S+](c2ccccc2)c2ccccc2)cc1.O=S(=O)([O-])c1ccccc1. The minimum absolute atomic E-state index is 0.0497. The molecular formula is C28H28O3S2. The molecule has 3 nitrogen and oxygen atoms in total. The van der Waals surface area contributed by atoms with E-state index in [0.29, 0.717) is 0 Å². The van der Waals surface area contributed by atoms with Crippen LogP contribution in [0.3, 0.4) is 0 Å². The van der Waals surface area contributed by atoms with E-state index in [0.717, 1.165) is 0 Å². The molecule has 5 heteroatoms. The fourth-order valence-electron chi connectivity index (χ4n) is 3.20. The topological polar surface area (TPSA) is 57.2 Å². The van der Waals surface area contributed by atoms with Crippen molar-refractivity contribution in [3.05, 3.63) is 121 Å². The van der Waals surface area contributed by atoms with E-state index < -0.39 is 10.1 Å². The van der Waals surface area contributed by atoms with Crippen LogP contribution in [0.4, 0.5) is 0 Å². The Bertz CT molecular complexity index is 1190. The Hall–Kier alpha value is -2.86. The van der Waals surface area contributed by atoms with Crippen molar-refractivity contribution in [3.8, 4) is 0 Å². The molecule has 0 saturated carbocycles.